The van der Waals surface area contributed by atoms with Gasteiger partial charge in [0, 0.05) is 11.6 Å². The third kappa shape index (κ3) is 2.41. The molecule has 1 unspecified atom stereocenters. The van der Waals surface area contributed by atoms with Gasteiger partial charge in [0.15, 0.2) is 0 Å². The van der Waals surface area contributed by atoms with Crippen LogP contribution in [0.1, 0.15) is 24.4 Å². The van der Waals surface area contributed by atoms with Crippen molar-refractivity contribution < 1.29 is 4.74 Å². The van der Waals surface area contributed by atoms with E-state index in [0.29, 0.717) is 0 Å². The lowest BCUT2D eigenvalue weighted by atomic mass is 10.0. The summed E-state index contributed by atoms with van der Waals surface area (Å²) in [5, 5.41) is 16.1. The summed E-state index contributed by atoms with van der Waals surface area (Å²) < 4.78 is 6.98. The van der Waals surface area contributed by atoms with E-state index in [1.807, 2.05) is 38.2 Å². The molecule has 0 saturated heterocycles. The highest BCUT2D eigenvalue weighted by Crippen LogP contribution is 2.30. The number of rotatable bonds is 4. The lowest BCUT2D eigenvalue weighted by molar-refractivity contribution is 0.403. The first kappa shape index (κ1) is 13.1. The molecule has 1 N–H and O–H groups in total. The fourth-order valence-corrected chi connectivity index (χ4v) is 1.92. The van der Waals surface area contributed by atoms with Crippen LogP contribution in [0.2, 0.25) is 0 Å². The van der Waals surface area contributed by atoms with Gasteiger partial charge in [0.2, 0.25) is 0 Å². The topological polar surface area (TPSA) is 75.8 Å². The molecule has 6 nitrogen and oxygen atoms in total. The zero-order chi connectivity index (χ0) is 13.8. The molecule has 6 heteroatoms. The van der Waals surface area contributed by atoms with Gasteiger partial charge in [0.05, 0.1) is 12.8 Å². The van der Waals surface area contributed by atoms with Crippen LogP contribution < -0.4 is 10.1 Å². The molecule has 2 aromatic rings. The molecule has 1 heterocycles. The normalized spacial score (nSPS) is 11.9. The largest absolute Gasteiger partial charge is 0.496 e. The van der Waals surface area contributed by atoms with Crippen LogP contribution in [0.25, 0.3) is 5.69 Å². The summed E-state index contributed by atoms with van der Waals surface area (Å²) in [6.07, 6.45) is 1.53. The fourth-order valence-electron chi connectivity index (χ4n) is 1.92. The predicted molar refractivity (Wildman–Crippen MR) is 70.1 cm³/mol. The van der Waals surface area contributed by atoms with E-state index < -0.39 is 0 Å². The average molecular weight is 257 g/mol. The van der Waals surface area contributed by atoms with E-state index in [4.69, 9.17) is 10.00 Å². The van der Waals surface area contributed by atoms with Crippen LogP contribution in [0.5, 0.6) is 5.75 Å². The molecule has 1 atom stereocenters. The van der Waals surface area contributed by atoms with Gasteiger partial charge < -0.3 is 10.1 Å². The molecule has 0 radical (unpaired) electrons. The summed E-state index contributed by atoms with van der Waals surface area (Å²) in [6, 6.07) is 7.70. The third-order valence-corrected chi connectivity index (χ3v) is 2.97. The van der Waals surface area contributed by atoms with Gasteiger partial charge in [-0.2, -0.15) is 5.26 Å². The number of aromatic nitrogens is 3. The van der Waals surface area contributed by atoms with Gasteiger partial charge >= 0.3 is 0 Å². The maximum absolute atomic E-state index is 8.80. The molecule has 19 heavy (non-hydrogen) atoms. The lowest BCUT2D eigenvalue weighted by Crippen LogP contribution is -2.16. The molecule has 2 rings (SSSR count). The summed E-state index contributed by atoms with van der Waals surface area (Å²) >= 11 is 0. The minimum Gasteiger partial charge on any atom is -0.496 e. The Balaban J connectivity index is 2.59. The van der Waals surface area contributed by atoms with E-state index in [0.717, 1.165) is 17.0 Å². The first-order valence-electron chi connectivity index (χ1n) is 5.87. The molecule has 0 spiro atoms. The van der Waals surface area contributed by atoms with Gasteiger partial charge in [-0.25, -0.2) is 9.67 Å². The van der Waals surface area contributed by atoms with Crippen LogP contribution in [-0.4, -0.2) is 28.9 Å². The standard InChI is InChI=1S/C13H15N5O/c1-9(15-2)13-10(5-4-6-11(13)19-3)18-8-16-12(7-14)17-18/h4-6,8-9,15H,1-3H3. The van der Waals surface area contributed by atoms with E-state index in [1.165, 1.54) is 6.33 Å². The Morgan fingerprint density at radius 1 is 1.47 bits per heavy atom. The van der Waals surface area contributed by atoms with Crippen molar-refractivity contribution >= 4 is 0 Å². The molecule has 0 aliphatic heterocycles. The van der Waals surface area contributed by atoms with Crippen LogP contribution in [0.15, 0.2) is 24.5 Å². The zero-order valence-corrected chi connectivity index (χ0v) is 11.1. The minimum absolute atomic E-state index is 0.0842. The number of methoxy groups -OCH3 is 1. The van der Waals surface area contributed by atoms with E-state index in [1.54, 1.807) is 11.8 Å². The van der Waals surface area contributed by atoms with Crippen LogP contribution >= 0.6 is 0 Å². The van der Waals surface area contributed by atoms with Crippen molar-refractivity contribution in [1.82, 2.24) is 20.1 Å². The smallest absolute Gasteiger partial charge is 0.252 e. The molecule has 0 aliphatic carbocycles. The number of nitrogens with zero attached hydrogens (tertiary/aromatic N) is 4. The molecule has 0 aliphatic rings. The quantitative estimate of drug-likeness (QED) is 0.896. The average Bonchev–Trinajstić information content (AvgIpc) is 2.94. The van der Waals surface area contributed by atoms with Crippen molar-refractivity contribution in [2.24, 2.45) is 0 Å². The molecule has 0 fully saturated rings. The fraction of sp³-hybridized carbons (Fsp3) is 0.308. The van der Waals surface area contributed by atoms with Crippen molar-refractivity contribution in [3.05, 3.63) is 35.9 Å². The summed E-state index contributed by atoms with van der Waals surface area (Å²) in [7, 11) is 3.51. The second kappa shape index (κ2) is 5.50. The number of ether oxygens (including phenoxy) is 1. The van der Waals surface area contributed by atoms with Crippen LogP contribution in [-0.2, 0) is 0 Å². The summed E-state index contributed by atoms with van der Waals surface area (Å²) in [5.74, 6) is 0.916. The lowest BCUT2D eigenvalue weighted by Gasteiger charge is -2.18. The minimum atomic E-state index is 0.0842. The van der Waals surface area contributed by atoms with Crippen LogP contribution in [0.3, 0.4) is 0 Å². The first-order valence-corrected chi connectivity index (χ1v) is 5.87. The van der Waals surface area contributed by atoms with Gasteiger partial charge in [-0.05, 0) is 26.1 Å². The summed E-state index contributed by atoms with van der Waals surface area (Å²) in [4.78, 5) is 3.92. The Kier molecular flexibility index (Phi) is 3.78. The Morgan fingerprint density at radius 3 is 2.84 bits per heavy atom. The predicted octanol–water partition coefficient (Wildman–Crippen LogP) is 1.43. The molecule has 0 bridgehead atoms. The Morgan fingerprint density at radius 2 is 2.26 bits per heavy atom. The molecular weight excluding hydrogens is 242 g/mol. The molecular formula is C13H15N5O. The molecule has 1 aromatic heterocycles. The molecule has 0 amide bonds. The SMILES string of the molecule is CNC(C)c1c(OC)cccc1-n1cnc(C#N)n1. The summed E-state index contributed by atoms with van der Waals surface area (Å²) in [5.41, 5.74) is 1.82. The monoisotopic (exact) mass is 257 g/mol. The third-order valence-electron chi connectivity index (χ3n) is 2.97. The van der Waals surface area contributed by atoms with Gasteiger partial charge in [-0.3, -0.25) is 0 Å². The zero-order valence-electron chi connectivity index (χ0n) is 11.1. The van der Waals surface area contributed by atoms with Crippen molar-refractivity contribution in [1.29, 1.82) is 5.26 Å². The Bertz CT molecular complexity index is 614. The second-order valence-electron chi connectivity index (χ2n) is 4.03. The number of nitriles is 1. The van der Waals surface area contributed by atoms with E-state index >= 15 is 0 Å². The number of hydrogen-bond donors (Lipinski definition) is 1. The number of benzene rings is 1. The van der Waals surface area contributed by atoms with Crippen molar-refractivity contribution in [3.8, 4) is 17.5 Å². The van der Waals surface area contributed by atoms with Crippen molar-refractivity contribution in [2.45, 2.75) is 13.0 Å². The highest BCUT2D eigenvalue weighted by atomic mass is 16.5. The van der Waals surface area contributed by atoms with E-state index in [-0.39, 0.29) is 11.9 Å². The number of nitrogens with one attached hydrogen (secondary N) is 1. The molecule has 1 aromatic carbocycles. The van der Waals surface area contributed by atoms with Gasteiger partial charge in [-0.1, -0.05) is 6.07 Å². The Labute approximate surface area is 111 Å². The Hall–Kier alpha value is -2.39. The maximum atomic E-state index is 8.80. The number of hydrogen-bond acceptors (Lipinski definition) is 5. The van der Waals surface area contributed by atoms with Crippen molar-refractivity contribution in [3.63, 3.8) is 0 Å². The van der Waals surface area contributed by atoms with E-state index in [9.17, 15) is 0 Å². The van der Waals surface area contributed by atoms with Gasteiger partial charge in [0.25, 0.3) is 5.82 Å². The first-order chi connectivity index (χ1) is 9.21. The maximum Gasteiger partial charge on any atom is 0.252 e. The second-order valence-corrected chi connectivity index (χ2v) is 4.03. The van der Waals surface area contributed by atoms with Crippen LogP contribution in [0, 0.1) is 11.3 Å². The highest BCUT2D eigenvalue weighted by molar-refractivity contribution is 5.51. The highest BCUT2D eigenvalue weighted by Gasteiger charge is 2.17. The van der Waals surface area contributed by atoms with Gasteiger partial charge in [-0.15, -0.1) is 5.10 Å². The summed E-state index contributed by atoms with van der Waals surface area (Å²) in [6.45, 7) is 2.03. The van der Waals surface area contributed by atoms with E-state index in [2.05, 4.69) is 15.4 Å². The van der Waals surface area contributed by atoms with Crippen LogP contribution in [0.4, 0.5) is 0 Å². The van der Waals surface area contributed by atoms with Gasteiger partial charge in [0.1, 0.15) is 18.1 Å². The van der Waals surface area contributed by atoms with Crippen molar-refractivity contribution in [2.75, 3.05) is 14.2 Å². The molecule has 98 valence electrons. The molecule has 0 saturated carbocycles.